The summed E-state index contributed by atoms with van der Waals surface area (Å²) in [6, 6.07) is 6.10. The summed E-state index contributed by atoms with van der Waals surface area (Å²) in [7, 11) is 0. The summed E-state index contributed by atoms with van der Waals surface area (Å²) >= 11 is 0. The first-order valence-electron chi connectivity index (χ1n) is 10.8. The van der Waals surface area contributed by atoms with Gasteiger partial charge in [-0.05, 0) is 69.7 Å². The van der Waals surface area contributed by atoms with E-state index in [0.717, 1.165) is 50.4 Å². The number of hydrogen-bond donors (Lipinski definition) is 2. The topological polar surface area (TPSA) is 98.4 Å². The maximum absolute atomic E-state index is 13.3. The Morgan fingerprint density at radius 3 is 2.53 bits per heavy atom. The summed E-state index contributed by atoms with van der Waals surface area (Å²) in [5.41, 5.74) is 2.29. The van der Waals surface area contributed by atoms with E-state index in [9.17, 15) is 9.90 Å². The van der Waals surface area contributed by atoms with Gasteiger partial charge in [-0.15, -0.1) is 0 Å². The molecule has 0 spiro atoms. The molecule has 2 aromatic heterocycles. The van der Waals surface area contributed by atoms with Gasteiger partial charge in [-0.3, -0.25) is 18.9 Å². The van der Waals surface area contributed by atoms with E-state index in [2.05, 4.69) is 9.88 Å². The molecule has 4 heterocycles. The van der Waals surface area contributed by atoms with Crippen molar-refractivity contribution in [2.75, 3.05) is 26.2 Å². The predicted molar refractivity (Wildman–Crippen MR) is 111 cm³/mol. The van der Waals surface area contributed by atoms with Gasteiger partial charge in [0.05, 0.1) is 11.8 Å². The van der Waals surface area contributed by atoms with Crippen LogP contribution in [0.25, 0.3) is 5.65 Å². The highest BCUT2D eigenvalue weighted by Gasteiger charge is 2.45. The van der Waals surface area contributed by atoms with Crippen LogP contribution >= 0.6 is 0 Å². The molecule has 8 nitrogen and oxygen atoms in total. The first-order valence-corrected chi connectivity index (χ1v) is 10.8. The van der Waals surface area contributed by atoms with Crippen molar-refractivity contribution in [1.82, 2.24) is 19.2 Å². The maximum atomic E-state index is 13.3. The first-order chi connectivity index (χ1) is 14.5. The Kier molecular flexibility index (Phi) is 6.06. The largest absolute Gasteiger partial charge is 0.483 e. The Balaban J connectivity index is 0.000000687. The number of rotatable bonds is 2. The molecule has 2 aliphatic heterocycles. The number of fused-ring (bicyclic) bond motifs is 2. The predicted octanol–water partition coefficient (Wildman–Crippen LogP) is 1.65. The van der Waals surface area contributed by atoms with Crippen molar-refractivity contribution in [3.8, 4) is 0 Å². The van der Waals surface area contributed by atoms with E-state index in [0.29, 0.717) is 17.5 Å². The summed E-state index contributed by atoms with van der Waals surface area (Å²) < 4.78 is 1.90. The number of amides is 1. The third-order valence-electron chi connectivity index (χ3n) is 6.91. The van der Waals surface area contributed by atoms with Gasteiger partial charge in [0, 0.05) is 25.3 Å². The van der Waals surface area contributed by atoms with Crippen molar-refractivity contribution in [1.29, 1.82) is 0 Å². The minimum Gasteiger partial charge on any atom is -0.483 e. The van der Waals surface area contributed by atoms with Crippen molar-refractivity contribution in [2.45, 2.75) is 44.8 Å². The van der Waals surface area contributed by atoms with Crippen LogP contribution in [0, 0.1) is 18.8 Å². The number of imidazole rings is 1. The number of pyridine rings is 1. The number of aryl methyl sites for hydroxylation is 1. The minimum absolute atomic E-state index is 0.0767. The van der Waals surface area contributed by atoms with Crippen molar-refractivity contribution < 1.29 is 19.8 Å². The van der Waals surface area contributed by atoms with Crippen molar-refractivity contribution in [3.05, 3.63) is 35.8 Å². The quantitative estimate of drug-likeness (QED) is 0.725. The smallest absolute Gasteiger partial charge is 0.290 e. The van der Waals surface area contributed by atoms with Gasteiger partial charge >= 0.3 is 0 Å². The molecule has 2 N–H and O–H groups in total. The molecule has 162 valence electrons. The fourth-order valence-electron chi connectivity index (χ4n) is 5.56. The van der Waals surface area contributed by atoms with Crippen LogP contribution in [0.4, 0.5) is 0 Å². The monoisotopic (exact) mass is 414 g/mol. The van der Waals surface area contributed by atoms with Crippen LogP contribution in [0.3, 0.4) is 0 Å². The molecule has 0 unspecified atom stereocenters. The molecular formula is C22H30N4O4. The number of carboxylic acid groups (broad SMARTS) is 1. The second-order valence-corrected chi connectivity index (χ2v) is 8.66. The Labute approximate surface area is 176 Å². The molecule has 3 fully saturated rings. The number of aliphatic hydroxyl groups excluding tert-OH is 1. The van der Waals surface area contributed by atoms with Gasteiger partial charge in [0.25, 0.3) is 12.4 Å². The lowest BCUT2D eigenvalue weighted by atomic mass is 9.77. The van der Waals surface area contributed by atoms with E-state index in [1.165, 1.54) is 12.8 Å². The molecule has 30 heavy (non-hydrogen) atoms. The standard InChI is InChI=1S/C21H28N4O2.CH2O2/c1-14-20(25-9-3-2-6-19(25)22-14)21(27)24-12-15-10-17(23-7-4-5-8-23)18(26)11-16(15)13-24;2-1-3/h2-3,6,9,15-18,26H,4-5,7-8,10-13H2,1H3;1H,(H,2,3)/t15-,16+,17-,18-;/m1./s1. The first kappa shape index (κ1) is 20.8. The molecule has 2 aromatic rings. The van der Waals surface area contributed by atoms with E-state index in [-0.39, 0.29) is 24.5 Å². The van der Waals surface area contributed by atoms with Gasteiger partial charge in [-0.2, -0.15) is 0 Å². The average Bonchev–Trinajstić information content (AvgIpc) is 3.45. The van der Waals surface area contributed by atoms with Crippen LogP contribution in [0.15, 0.2) is 24.4 Å². The Bertz CT molecular complexity index is 908. The molecule has 1 aliphatic carbocycles. The second kappa shape index (κ2) is 8.73. The third-order valence-corrected chi connectivity index (χ3v) is 6.91. The van der Waals surface area contributed by atoms with Crippen LogP contribution in [0.2, 0.25) is 0 Å². The van der Waals surface area contributed by atoms with Gasteiger partial charge in [-0.25, -0.2) is 4.98 Å². The Hall–Kier alpha value is -2.45. The van der Waals surface area contributed by atoms with Gasteiger partial charge < -0.3 is 15.1 Å². The molecule has 1 amide bonds. The summed E-state index contributed by atoms with van der Waals surface area (Å²) in [4.78, 5) is 30.7. The van der Waals surface area contributed by atoms with Crippen molar-refractivity contribution >= 4 is 18.0 Å². The van der Waals surface area contributed by atoms with Crippen LogP contribution in [0.5, 0.6) is 0 Å². The van der Waals surface area contributed by atoms with E-state index < -0.39 is 0 Å². The lowest BCUT2D eigenvalue weighted by Crippen LogP contribution is -2.48. The van der Waals surface area contributed by atoms with E-state index in [1.54, 1.807) is 0 Å². The molecule has 8 heteroatoms. The Morgan fingerprint density at radius 2 is 1.83 bits per heavy atom. The van der Waals surface area contributed by atoms with Crippen molar-refractivity contribution in [2.24, 2.45) is 11.8 Å². The molecule has 4 atom stereocenters. The zero-order chi connectivity index (χ0) is 21.3. The van der Waals surface area contributed by atoms with Crippen LogP contribution in [0.1, 0.15) is 41.9 Å². The summed E-state index contributed by atoms with van der Waals surface area (Å²) in [5, 5.41) is 17.6. The minimum atomic E-state index is -0.253. The van der Waals surface area contributed by atoms with Gasteiger partial charge in [0.1, 0.15) is 11.3 Å². The molecule has 1 saturated carbocycles. The van der Waals surface area contributed by atoms with Crippen LogP contribution < -0.4 is 0 Å². The van der Waals surface area contributed by atoms with Crippen LogP contribution in [-0.2, 0) is 4.79 Å². The second-order valence-electron chi connectivity index (χ2n) is 8.66. The van der Waals surface area contributed by atoms with E-state index in [1.807, 2.05) is 40.6 Å². The number of aliphatic hydroxyl groups is 1. The van der Waals surface area contributed by atoms with Gasteiger partial charge in [0.15, 0.2) is 0 Å². The number of nitrogens with zero attached hydrogens (tertiary/aromatic N) is 4. The highest BCUT2D eigenvalue weighted by Crippen LogP contribution is 2.39. The number of likely N-dealkylation sites (tertiary alicyclic amines) is 2. The molecular weight excluding hydrogens is 384 g/mol. The van der Waals surface area contributed by atoms with Gasteiger partial charge in [-0.1, -0.05) is 6.07 Å². The van der Waals surface area contributed by atoms with Crippen LogP contribution in [-0.4, -0.2) is 80.1 Å². The summed E-state index contributed by atoms with van der Waals surface area (Å²) in [6.07, 6.45) is 5.99. The SMILES string of the molecule is Cc1nc2ccccn2c1C(=O)N1C[C@H]2C[C@@H](N3CCCC3)[C@H](O)C[C@H]2C1.O=CO. The summed E-state index contributed by atoms with van der Waals surface area (Å²) in [6.45, 7) is 5.45. The van der Waals surface area contributed by atoms with E-state index in [4.69, 9.17) is 9.90 Å². The fourth-order valence-corrected chi connectivity index (χ4v) is 5.56. The molecule has 0 bridgehead atoms. The summed E-state index contributed by atoms with van der Waals surface area (Å²) in [5.74, 6) is 0.998. The molecule has 0 aromatic carbocycles. The van der Waals surface area contributed by atoms with E-state index >= 15 is 0 Å². The number of aromatic nitrogens is 2. The fraction of sp³-hybridized carbons (Fsp3) is 0.591. The number of carbonyl (C=O) groups is 2. The zero-order valence-corrected chi connectivity index (χ0v) is 17.4. The third kappa shape index (κ3) is 3.81. The normalized spacial score (nSPS) is 28.8. The van der Waals surface area contributed by atoms with Crippen molar-refractivity contribution in [3.63, 3.8) is 0 Å². The molecule has 5 rings (SSSR count). The molecule has 2 saturated heterocycles. The lowest BCUT2D eigenvalue weighted by molar-refractivity contribution is -0.122. The number of carbonyl (C=O) groups excluding carboxylic acids is 1. The zero-order valence-electron chi connectivity index (χ0n) is 17.4. The van der Waals surface area contributed by atoms with Gasteiger partial charge in [0.2, 0.25) is 0 Å². The highest BCUT2D eigenvalue weighted by molar-refractivity contribution is 5.95. The maximum Gasteiger partial charge on any atom is 0.290 e. The highest BCUT2D eigenvalue weighted by atomic mass is 16.3. The average molecular weight is 415 g/mol. The molecule has 0 radical (unpaired) electrons. The lowest BCUT2D eigenvalue weighted by Gasteiger charge is -2.40. The molecule has 3 aliphatic rings. The Morgan fingerprint density at radius 1 is 1.17 bits per heavy atom. The number of hydrogen-bond acceptors (Lipinski definition) is 5.